The van der Waals surface area contributed by atoms with Crippen molar-refractivity contribution < 1.29 is 0 Å². The molecule has 1 heteroatoms. The van der Waals surface area contributed by atoms with Crippen molar-refractivity contribution in [3.63, 3.8) is 0 Å². The molecule has 0 aliphatic heterocycles. The summed E-state index contributed by atoms with van der Waals surface area (Å²) in [5, 5.41) is 1.07. The fourth-order valence-electron chi connectivity index (χ4n) is 0.987. The lowest BCUT2D eigenvalue weighted by Gasteiger charge is -2.03. The van der Waals surface area contributed by atoms with Gasteiger partial charge in [0.2, 0.25) is 0 Å². The van der Waals surface area contributed by atoms with Gasteiger partial charge in [0.1, 0.15) is 0 Å². The Balaban J connectivity index is 4.03. The molecule has 12 heavy (non-hydrogen) atoms. The fraction of sp³-hybridized carbons (Fsp3) is 0.455. The smallest absolute Gasteiger partial charge is 0.00342 e. The van der Waals surface area contributed by atoms with Crippen LogP contribution in [0.4, 0.5) is 0 Å². The predicted octanol–water partition coefficient (Wildman–Crippen LogP) is 4.24. The summed E-state index contributed by atoms with van der Waals surface area (Å²) in [6.45, 7) is 9.78. The van der Waals surface area contributed by atoms with Crippen molar-refractivity contribution in [1.29, 1.82) is 0 Å². The first-order valence-corrected chi connectivity index (χ1v) is 5.45. The maximum absolute atomic E-state index is 3.93. The molecule has 0 heterocycles. The third kappa shape index (κ3) is 4.55. The van der Waals surface area contributed by atoms with Gasteiger partial charge in [-0.25, -0.2) is 0 Å². The van der Waals surface area contributed by atoms with E-state index < -0.39 is 0 Å². The molecule has 0 unspecified atom stereocenters. The highest BCUT2D eigenvalue weighted by Crippen LogP contribution is 2.14. The number of hydrogen-bond acceptors (Lipinski definition) is 0. The summed E-state index contributed by atoms with van der Waals surface area (Å²) in [7, 11) is 0. The topological polar surface area (TPSA) is 0 Å². The molecule has 68 valence electrons. The summed E-state index contributed by atoms with van der Waals surface area (Å²) < 4.78 is 0. The van der Waals surface area contributed by atoms with Crippen LogP contribution in [0.1, 0.15) is 26.2 Å². The standard InChI is InChI=1S/C11H17Br/c1-4-10(3)11(5-2)8-6-7-9-12/h4,8H,1,3,5-7,9H2,2H3. The van der Waals surface area contributed by atoms with E-state index in [1.54, 1.807) is 0 Å². The summed E-state index contributed by atoms with van der Waals surface area (Å²) in [5.74, 6) is 0. The molecule has 0 aliphatic rings. The monoisotopic (exact) mass is 228 g/mol. The van der Waals surface area contributed by atoms with Gasteiger partial charge in [-0.1, -0.05) is 48.2 Å². The third-order valence-electron chi connectivity index (χ3n) is 1.77. The van der Waals surface area contributed by atoms with Gasteiger partial charge >= 0.3 is 0 Å². The van der Waals surface area contributed by atoms with Gasteiger partial charge in [0.25, 0.3) is 0 Å². The fourth-order valence-corrected chi connectivity index (χ4v) is 1.31. The van der Waals surface area contributed by atoms with Crippen LogP contribution < -0.4 is 0 Å². The van der Waals surface area contributed by atoms with E-state index in [0.717, 1.165) is 23.7 Å². The van der Waals surface area contributed by atoms with Gasteiger partial charge in [-0.15, -0.1) is 0 Å². The van der Waals surface area contributed by atoms with Crippen LogP contribution in [-0.4, -0.2) is 5.33 Å². The molecule has 0 aliphatic carbocycles. The largest absolute Gasteiger partial charge is 0.0985 e. The van der Waals surface area contributed by atoms with Crippen molar-refractivity contribution in [3.05, 3.63) is 36.5 Å². The minimum Gasteiger partial charge on any atom is -0.0985 e. The summed E-state index contributed by atoms with van der Waals surface area (Å²) in [6.07, 6.45) is 7.44. The minimum absolute atomic E-state index is 1.05. The highest BCUT2D eigenvalue weighted by atomic mass is 79.9. The first-order chi connectivity index (χ1) is 5.76. The molecular formula is C11H17Br. The Bertz CT molecular complexity index is 177. The van der Waals surface area contributed by atoms with Gasteiger partial charge in [0, 0.05) is 5.33 Å². The summed E-state index contributed by atoms with van der Waals surface area (Å²) in [6, 6.07) is 0. The normalized spacial score (nSPS) is 11.3. The zero-order valence-corrected chi connectivity index (χ0v) is 9.36. The van der Waals surface area contributed by atoms with Crippen LogP contribution in [0.3, 0.4) is 0 Å². The Labute approximate surface area is 84.2 Å². The molecule has 0 radical (unpaired) electrons. The van der Waals surface area contributed by atoms with E-state index >= 15 is 0 Å². The number of halogens is 1. The second kappa shape index (κ2) is 7.35. The molecular weight excluding hydrogens is 212 g/mol. The molecule has 0 saturated carbocycles. The van der Waals surface area contributed by atoms with E-state index in [0.29, 0.717) is 0 Å². The second-order valence-electron chi connectivity index (χ2n) is 2.64. The Morgan fingerprint density at radius 2 is 2.17 bits per heavy atom. The van der Waals surface area contributed by atoms with Gasteiger partial charge in [-0.2, -0.15) is 0 Å². The van der Waals surface area contributed by atoms with Crippen LogP contribution in [-0.2, 0) is 0 Å². The van der Waals surface area contributed by atoms with Crippen molar-refractivity contribution in [3.8, 4) is 0 Å². The van der Waals surface area contributed by atoms with Crippen LogP contribution in [0.2, 0.25) is 0 Å². The van der Waals surface area contributed by atoms with E-state index in [-0.39, 0.29) is 0 Å². The van der Waals surface area contributed by atoms with Crippen LogP contribution in [0, 0.1) is 0 Å². The Kier molecular flexibility index (Phi) is 7.17. The first-order valence-electron chi connectivity index (χ1n) is 4.33. The molecule has 0 aromatic carbocycles. The van der Waals surface area contributed by atoms with Crippen LogP contribution in [0.5, 0.6) is 0 Å². The lowest BCUT2D eigenvalue weighted by molar-refractivity contribution is 0.956. The van der Waals surface area contributed by atoms with Gasteiger partial charge in [-0.05, 0) is 30.4 Å². The number of alkyl halides is 1. The van der Waals surface area contributed by atoms with Gasteiger partial charge in [-0.3, -0.25) is 0 Å². The first kappa shape index (κ1) is 11.7. The highest BCUT2D eigenvalue weighted by Gasteiger charge is 1.94. The highest BCUT2D eigenvalue weighted by molar-refractivity contribution is 9.09. The van der Waals surface area contributed by atoms with Crippen molar-refractivity contribution in [2.75, 3.05) is 5.33 Å². The molecule has 0 aromatic heterocycles. The molecule has 0 saturated heterocycles. The third-order valence-corrected chi connectivity index (χ3v) is 2.33. The average molecular weight is 229 g/mol. The molecule has 0 bridgehead atoms. The Hall–Kier alpha value is -0.300. The van der Waals surface area contributed by atoms with Crippen LogP contribution in [0.25, 0.3) is 0 Å². The lowest BCUT2D eigenvalue weighted by atomic mass is 10.0. The molecule has 0 fully saturated rings. The average Bonchev–Trinajstić information content (AvgIpc) is 2.11. The SMILES string of the molecule is C=CC(=C)C(=CCCCBr)CC. The molecule has 0 N–H and O–H groups in total. The Morgan fingerprint density at radius 1 is 1.50 bits per heavy atom. The Morgan fingerprint density at radius 3 is 2.58 bits per heavy atom. The summed E-state index contributed by atoms with van der Waals surface area (Å²) in [5.41, 5.74) is 2.39. The zero-order chi connectivity index (χ0) is 9.40. The van der Waals surface area contributed by atoms with Crippen molar-refractivity contribution in [1.82, 2.24) is 0 Å². The predicted molar refractivity (Wildman–Crippen MR) is 60.7 cm³/mol. The van der Waals surface area contributed by atoms with Crippen molar-refractivity contribution >= 4 is 15.9 Å². The van der Waals surface area contributed by atoms with E-state index in [4.69, 9.17) is 0 Å². The van der Waals surface area contributed by atoms with Gasteiger partial charge < -0.3 is 0 Å². The molecule has 0 atom stereocenters. The number of allylic oxidation sites excluding steroid dienone is 4. The molecule has 0 aromatic rings. The number of unbranched alkanes of at least 4 members (excludes halogenated alkanes) is 1. The summed E-state index contributed by atoms with van der Waals surface area (Å²) in [4.78, 5) is 0. The van der Waals surface area contributed by atoms with Crippen molar-refractivity contribution in [2.24, 2.45) is 0 Å². The van der Waals surface area contributed by atoms with E-state index in [2.05, 4.69) is 42.1 Å². The van der Waals surface area contributed by atoms with Crippen molar-refractivity contribution in [2.45, 2.75) is 26.2 Å². The van der Waals surface area contributed by atoms with Crippen LogP contribution in [0.15, 0.2) is 36.5 Å². The number of hydrogen-bond donors (Lipinski definition) is 0. The zero-order valence-electron chi connectivity index (χ0n) is 7.78. The van der Waals surface area contributed by atoms with E-state index in [9.17, 15) is 0 Å². The second-order valence-corrected chi connectivity index (χ2v) is 3.44. The maximum Gasteiger partial charge on any atom is 0.00342 e. The molecule has 0 amide bonds. The van der Waals surface area contributed by atoms with E-state index in [1.165, 1.54) is 12.0 Å². The molecule has 0 nitrogen and oxygen atoms in total. The van der Waals surface area contributed by atoms with E-state index in [1.807, 2.05) is 6.08 Å². The molecule has 0 spiro atoms. The lowest BCUT2D eigenvalue weighted by Crippen LogP contribution is -1.83. The summed E-state index contributed by atoms with van der Waals surface area (Å²) >= 11 is 3.40. The van der Waals surface area contributed by atoms with Crippen LogP contribution >= 0.6 is 15.9 Å². The maximum atomic E-state index is 3.93. The minimum atomic E-state index is 1.05. The number of rotatable bonds is 6. The van der Waals surface area contributed by atoms with Gasteiger partial charge in [0.05, 0.1) is 0 Å². The van der Waals surface area contributed by atoms with Gasteiger partial charge in [0.15, 0.2) is 0 Å². The molecule has 0 rings (SSSR count). The quantitative estimate of drug-likeness (QED) is 0.363.